The van der Waals surface area contributed by atoms with E-state index in [0.29, 0.717) is 11.2 Å². The number of aromatic nitrogens is 2. The van der Waals surface area contributed by atoms with Gasteiger partial charge in [-0.1, -0.05) is 24.4 Å². The van der Waals surface area contributed by atoms with Crippen molar-refractivity contribution in [2.45, 2.75) is 19.4 Å². The van der Waals surface area contributed by atoms with Crippen LogP contribution in [-0.4, -0.2) is 29.2 Å². The molecule has 2 N–H and O–H groups in total. The Morgan fingerprint density at radius 3 is 2.58 bits per heavy atom. The number of carbonyl (C=O) groups is 1. The number of hydrogen-bond acceptors (Lipinski definition) is 4. The third kappa shape index (κ3) is 4.17. The van der Waals surface area contributed by atoms with Crippen LogP contribution in [0.2, 0.25) is 0 Å². The normalized spacial score (nSPS) is 15.3. The molecule has 0 saturated carbocycles. The Morgan fingerprint density at radius 2 is 1.96 bits per heavy atom. The topological polar surface area (TPSA) is 61.0 Å². The molecule has 1 aromatic carbocycles. The second kappa shape index (κ2) is 7.53. The van der Waals surface area contributed by atoms with Crippen LogP contribution in [0.3, 0.4) is 0 Å². The van der Waals surface area contributed by atoms with Crippen LogP contribution in [-0.2, 0) is 11.3 Å². The molecule has 1 amide bonds. The Hall–Kier alpha value is -2.28. The third-order valence-electron chi connectivity index (χ3n) is 4.23. The predicted molar refractivity (Wildman–Crippen MR) is 92.6 cm³/mol. The third-order valence-corrected chi connectivity index (χ3v) is 4.46. The van der Waals surface area contributed by atoms with Gasteiger partial charge in [-0.05, 0) is 42.7 Å². The van der Waals surface area contributed by atoms with Crippen LogP contribution in [0, 0.1) is 16.4 Å². The van der Waals surface area contributed by atoms with Crippen molar-refractivity contribution in [2.75, 3.05) is 18.0 Å². The van der Waals surface area contributed by atoms with Crippen molar-refractivity contribution < 1.29 is 9.18 Å². The number of anilines is 1. The second-order valence-electron chi connectivity index (χ2n) is 5.88. The van der Waals surface area contributed by atoms with Crippen LogP contribution < -0.4 is 10.2 Å². The van der Waals surface area contributed by atoms with Crippen molar-refractivity contribution in [1.29, 1.82) is 0 Å². The fraction of sp³-hybridized carbons (Fsp3) is 0.353. The first-order chi connectivity index (χ1) is 11.6. The number of hydrogen-bond donors (Lipinski definition) is 2. The number of rotatable bonds is 4. The molecule has 2 aromatic rings. The van der Waals surface area contributed by atoms with Gasteiger partial charge in [0.15, 0.2) is 0 Å². The Morgan fingerprint density at radius 1 is 1.25 bits per heavy atom. The Bertz CT molecular complexity index is 733. The van der Waals surface area contributed by atoms with Crippen molar-refractivity contribution in [3.63, 3.8) is 0 Å². The van der Waals surface area contributed by atoms with E-state index in [2.05, 4.69) is 20.4 Å². The van der Waals surface area contributed by atoms with Gasteiger partial charge in [0.1, 0.15) is 16.3 Å². The summed E-state index contributed by atoms with van der Waals surface area (Å²) >= 11 is 4.99. The highest BCUT2D eigenvalue weighted by Crippen LogP contribution is 2.21. The first-order valence-electron chi connectivity index (χ1n) is 7.94. The molecule has 0 bridgehead atoms. The number of piperidine rings is 1. The maximum atomic E-state index is 12.9. The van der Waals surface area contributed by atoms with E-state index in [1.54, 1.807) is 12.1 Å². The van der Waals surface area contributed by atoms with Gasteiger partial charge in [0.2, 0.25) is 5.91 Å². The van der Waals surface area contributed by atoms with Crippen LogP contribution in [0.1, 0.15) is 18.4 Å². The highest BCUT2D eigenvalue weighted by molar-refractivity contribution is 7.71. The van der Waals surface area contributed by atoms with Gasteiger partial charge in [0.05, 0.1) is 0 Å². The lowest BCUT2D eigenvalue weighted by Gasteiger charge is -2.31. The molecule has 1 saturated heterocycles. The number of amides is 1. The molecule has 126 valence electrons. The number of benzene rings is 1. The summed E-state index contributed by atoms with van der Waals surface area (Å²) in [6.07, 6.45) is 1.57. The number of aromatic amines is 1. The molecule has 0 atom stereocenters. The van der Waals surface area contributed by atoms with Crippen LogP contribution in [0.4, 0.5) is 10.2 Å². The predicted octanol–water partition coefficient (Wildman–Crippen LogP) is 2.81. The minimum absolute atomic E-state index is 0.00361. The summed E-state index contributed by atoms with van der Waals surface area (Å²) in [4.78, 5) is 14.4. The van der Waals surface area contributed by atoms with Crippen LogP contribution in [0.5, 0.6) is 0 Å². The van der Waals surface area contributed by atoms with Crippen molar-refractivity contribution in [3.05, 3.63) is 52.4 Å². The van der Waals surface area contributed by atoms with Crippen LogP contribution in [0.15, 0.2) is 36.4 Å². The van der Waals surface area contributed by atoms with E-state index >= 15 is 0 Å². The molecule has 5 nitrogen and oxygen atoms in total. The average molecular weight is 346 g/mol. The van der Waals surface area contributed by atoms with Gasteiger partial charge in [-0.25, -0.2) is 4.39 Å². The van der Waals surface area contributed by atoms with Gasteiger partial charge < -0.3 is 10.2 Å². The minimum atomic E-state index is -0.271. The van der Waals surface area contributed by atoms with E-state index in [0.717, 1.165) is 37.3 Å². The van der Waals surface area contributed by atoms with Gasteiger partial charge >= 0.3 is 0 Å². The molecule has 0 aliphatic carbocycles. The van der Waals surface area contributed by atoms with Crippen molar-refractivity contribution in [1.82, 2.24) is 15.5 Å². The van der Waals surface area contributed by atoms with Crippen LogP contribution >= 0.6 is 12.2 Å². The number of nitrogens with one attached hydrogen (secondary N) is 2. The molecular formula is C17H19FN4OS. The number of carbonyl (C=O) groups excluding carboxylic acids is 1. The molecule has 0 unspecified atom stereocenters. The maximum absolute atomic E-state index is 12.9. The largest absolute Gasteiger partial charge is 0.355 e. The molecule has 24 heavy (non-hydrogen) atoms. The zero-order chi connectivity index (χ0) is 16.9. The Balaban J connectivity index is 1.48. The molecular weight excluding hydrogens is 327 g/mol. The smallest absolute Gasteiger partial charge is 0.223 e. The molecule has 1 aliphatic rings. The molecule has 1 aromatic heterocycles. The first-order valence-corrected chi connectivity index (χ1v) is 8.35. The van der Waals surface area contributed by atoms with Gasteiger partial charge in [-0.2, -0.15) is 5.10 Å². The number of nitrogens with zero attached hydrogens (tertiary/aromatic N) is 2. The van der Waals surface area contributed by atoms with E-state index in [1.165, 1.54) is 12.1 Å². The van der Waals surface area contributed by atoms with E-state index in [-0.39, 0.29) is 17.6 Å². The molecule has 2 heterocycles. The summed E-state index contributed by atoms with van der Waals surface area (Å²) in [6, 6.07) is 9.88. The quantitative estimate of drug-likeness (QED) is 0.836. The van der Waals surface area contributed by atoms with Gasteiger partial charge in [-0.15, -0.1) is 0 Å². The standard InChI is InChI=1S/C17H19FN4OS/c18-14-3-1-12(2-4-14)11-19-17(23)13-7-9-22(10-8-13)15-5-6-16(24)21-20-15/h1-6,13H,7-11H2,(H,19,23)(H,21,24). The van der Waals surface area contributed by atoms with Gasteiger partial charge in [-0.3, -0.25) is 9.89 Å². The van der Waals surface area contributed by atoms with Gasteiger partial charge in [0, 0.05) is 25.6 Å². The lowest BCUT2D eigenvalue weighted by Crippen LogP contribution is -2.40. The SMILES string of the molecule is O=C(NCc1ccc(F)cc1)C1CCN(c2ccc(=S)[nH]n2)CC1. The zero-order valence-electron chi connectivity index (χ0n) is 13.2. The summed E-state index contributed by atoms with van der Waals surface area (Å²) < 4.78 is 13.5. The fourth-order valence-corrected chi connectivity index (χ4v) is 2.93. The summed E-state index contributed by atoms with van der Waals surface area (Å²) in [5, 5.41) is 9.95. The fourth-order valence-electron chi connectivity index (χ4n) is 2.82. The van der Waals surface area contributed by atoms with E-state index in [1.807, 2.05) is 12.1 Å². The summed E-state index contributed by atoms with van der Waals surface area (Å²) in [5.74, 6) is 0.643. The zero-order valence-corrected chi connectivity index (χ0v) is 14.0. The van der Waals surface area contributed by atoms with Crippen molar-refractivity contribution in [3.8, 4) is 0 Å². The van der Waals surface area contributed by atoms with Crippen molar-refractivity contribution in [2.24, 2.45) is 5.92 Å². The maximum Gasteiger partial charge on any atom is 0.223 e. The average Bonchev–Trinajstić information content (AvgIpc) is 2.62. The van der Waals surface area contributed by atoms with Crippen LogP contribution in [0.25, 0.3) is 0 Å². The lowest BCUT2D eigenvalue weighted by atomic mass is 9.96. The Labute approximate surface area is 144 Å². The highest BCUT2D eigenvalue weighted by atomic mass is 32.1. The molecule has 7 heteroatoms. The molecule has 1 fully saturated rings. The summed E-state index contributed by atoms with van der Waals surface area (Å²) in [5.41, 5.74) is 0.894. The van der Waals surface area contributed by atoms with E-state index in [9.17, 15) is 9.18 Å². The summed E-state index contributed by atoms with van der Waals surface area (Å²) in [7, 11) is 0. The summed E-state index contributed by atoms with van der Waals surface area (Å²) in [6.45, 7) is 1.99. The minimum Gasteiger partial charge on any atom is -0.355 e. The molecule has 0 radical (unpaired) electrons. The lowest BCUT2D eigenvalue weighted by molar-refractivity contribution is -0.125. The molecule has 1 aliphatic heterocycles. The van der Waals surface area contributed by atoms with E-state index < -0.39 is 0 Å². The van der Waals surface area contributed by atoms with E-state index in [4.69, 9.17) is 12.2 Å². The monoisotopic (exact) mass is 346 g/mol. The van der Waals surface area contributed by atoms with Gasteiger partial charge in [0.25, 0.3) is 0 Å². The van der Waals surface area contributed by atoms with Crippen molar-refractivity contribution >= 4 is 23.9 Å². The second-order valence-corrected chi connectivity index (χ2v) is 6.32. The molecule has 3 rings (SSSR count). The number of halogens is 1. The number of H-pyrrole nitrogens is 1. The highest BCUT2D eigenvalue weighted by Gasteiger charge is 2.25. The molecule has 0 spiro atoms. The Kier molecular flexibility index (Phi) is 5.20. The first kappa shape index (κ1) is 16.6.